The Hall–Kier alpha value is -2.14. The number of hydrogen-bond donors (Lipinski definition) is 1. The van der Waals surface area contributed by atoms with Gasteiger partial charge in [-0.15, -0.1) is 0 Å². The number of unbranched alkanes of at least 4 members (excludes halogenated alkanes) is 3. The van der Waals surface area contributed by atoms with Crippen LogP contribution < -0.4 is 10.1 Å². The second kappa shape index (κ2) is 12.5. The van der Waals surface area contributed by atoms with Gasteiger partial charge in [0.15, 0.2) is 0 Å². The van der Waals surface area contributed by atoms with Gasteiger partial charge in [0.1, 0.15) is 5.75 Å². The van der Waals surface area contributed by atoms with Gasteiger partial charge in [0, 0.05) is 20.0 Å². The van der Waals surface area contributed by atoms with E-state index in [0.717, 1.165) is 37.9 Å². The lowest BCUT2D eigenvalue weighted by Crippen LogP contribution is -2.43. The molecule has 1 N–H and O–H groups in total. The molecular weight excluding hydrogens is 374 g/mol. The lowest BCUT2D eigenvalue weighted by atomic mass is 9.83. The molecule has 0 radical (unpaired) electrons. The van der Waals surface area contributed by atoms with Crippen molar-refractivity contribution in [1.29, 1.82) is 0 Å². The van der Waals surface area contributed by atoms with Gasteiger partial charge >= 0.3 is 5.97 Å². The van der Waals surface area contributed by atoms with E-state index in [0.29, 0.717) is 5.75 Å². The highest BCUT2D eigenvalue weighted by molar-refractivity contribution is 5.69. The molecule has 0 aliphatic heterocycles. The highest BCUT2D eigenvalue weighted by Crippen LogP contribution is 2.34. The number of ether oxygens (including phenoxy) is 1. The molecule has 5 nitrogen and oxygen atoms in total. The van der Waals surface area contributed by atoms with Crippen LogP contribution in [0.4, 0.5) is 0 Å². The molecule has 0 saturated carbocycles. The Morgan fingerprint density at radius 1 is 1.10 bits per heavy atom. The van der Waals surface area contributed by atoms with Gasteiger partial charge in [-0.3, -0.25) is 4.79 Å². The highest BCUT2D eigenvalue weighted by Gasteiger charge is 2.33. The Balaban J connectivity index is 2.30. The lowest BCUT2D eigenvalue weighted by molar-refractivity contribution is -0.131. The van der Waals surface area contributed by atoms with Crippen molar-refractivity contribution in [3.63, 3.8) is 0 Å². The molecule has 166 valence electrons. The molecule has 2 aromatic rings. The number of imidazole rings is 1. The Morgan fingerprint density at radius 3 is 2.43 bits per heavy atom. The van der Waals surface area contributed by atoms with Crippen LogP contribution in [0.15, 0.2) is 36.8 Å². The van der Waals surface area contributed by atoms with Crippen LogP contribution in [0, 0.1) is 0 Å². The summed E-state index contributed by atoms with van der Waals surface area (Å²) < 4.78 is 7.62. The first-order valence-electron chi connectivity index (χ1n) is 11.6. The maximum absolute atomic E-state index is 11.3. The van der Waals surface area contributed by atoms with Gasteiger partial charge in [-0.25, -0.2) is 4.98 Å². The zero-order chi connectivity index (χ0) is 21.8. The number of aryl methyl sites for hydroxylation is 1. The van der Waals surface area contributed by atoms with Crippen molar-refractivity contribution in [2.75, 3.05) is 0 Å². The van der Waals surface area contributed by atoms with E-state index in [-0.39, 0.29) is 11.5 Å². The molecular formula is C25H39N3O2. The van der Waals surface area contributed by atoms with Gasteiger partial charge in [-0.1, -0.05) is 65.0 Å². The molecule has 0 saturated heterocycles. The average molecular weight is 414 g/mol. The van der Waals surface area contributed by atoms with Gasteiger partial charge in [-0.05, 0) is 37.0 Å². The largest absolute Gasteiger partial charge is 0.427 e. The zero-order valence-corrected chi connectivity index (χ0v) is 19.2. The summed E-state index contributed by atoms with van der Waals surface area (Å²) in [5, 5.41) is 3.92. The molecule has 0 aliphatic rings. The van der Waals surface area contributed by atoms with Crippen molar-refractivity contribution in [2.45, 2.75) is 97.7 Å². The number of hydrogen-bond acceptors (Lipinski definition) is 4. The first-order chi connectivity index (χ1) is 14.5. The van der Waals surface area contributed by atoms with Gasteiger partial charge in [0.2, 0.25) is 0 Å². The summed E-state index contributed by atoms with van der Waals surface area (Å²) in [6.07, 6.45) is 13.2. The Labute approximate surface area is 182 Å². The summed E-state index contributed by atoms with van der Waals surface area (Å²) in [7, 11) is 0. The topological polar surface area (TPSA) is 56.1 Å². The van der Waals surface area contributed by atoms with E-state index in [1.807, 2.05) is 24.5 Å². The van der Waals surface area contributed by atoms with Crippen molar-refractivity contribution in [3.05, 3.63) is 48.0 Å². The number of rotatable bonds is 14. The van der Waals surface area contributed by atoms with E-state index in [2.05, 4.69) is 47.9 Å². The third-order valence-corrected chi connectivity index (χ3v) is 5.66. The van der Waals surface area contributed by atoms with E-state index in [1.54, 1.807) is 0 Å². The molecule has 0 unspecified atom stereocenters. The van der Waals surface area contributed by atoms with Gasteiger partial charge in [0.25, 0.3) is 0 Å². The van der Waals surface area contributed by atoms with Crippen LogP contribution in [0.5, 0.6) is 5.75 Å². The van der Waals surface area contributed by atoms with Crippen LogP contribution in [-0.2, 0) is 23.4 Å². The fraction of sp³-hybridized carbons (Fsp3) is 0.600. The normalized spacial score (nSPS) is 11.6. The van der Waals surface area contributed by atoms with E-state index in [1.165, 1.54) is 44.7 Å². The molecule has 5 heteroatoms. The van der Waals surface area contributed by atoms with Gasteiger partial charge < -0.3 is 14.6 Å². The Morgan fingerprint density at radius 2 is 1.80 bits per heavy atom. The summed E-state index contributed by atoms with van der Waals surface area (Å²) in [6.45, 7) is 9.90. The predicted octanol–water partition coefficient (Wildman–Crippen LogP) is 5.97. The quantitative estimate of drug-likeness (QED) is 0.306. The first-order valence-corrected chi connectivity index (χ1v) is 11.6. The maximum Gasteiger partial charge on any atom is 0.308 e. The molecule has 1 aromatic heterocycles. The lowest BCUT2D eigenvalue weighted by Gasteiger charge is -2.36. The summed E-state index contributed by atoms with van der Waals surface area (Å²) >= 11 is 0. The number of esters is 1. The number of benzene rings is 1. The zero-order valence-electron chi connectivity index (χ0n) is 19.2. The van der Waals surface area contributed by atoms with Crippen molar-refractivity contribution >= 4 is 5.97 Å². The maximum atomic E-state index is 11.3. The minimum Gasteiger partial charge on any atom is -0.427 e. The van der Waals surface area contributed by atoms with Crippen LogP contribution >= 0.6 is 0 Å². The highest BCUT2D eigenvalue weighted by atomic mass is 16.5. The molecule has 30 heavy (non-hydrogen) atoms. The molecule has 1 aromatic carbocycles. The van der Waals surface area contributed by atoms with Crippen molar-refractivity contribution in [1.82, 2.24) is 14.9 Å². The molecule has 0 spiro atoms. The number of carbonyl (C=O) groups is 1. The fourth-order valence-electron chi connectivity index (χ4n) is 3.99. The van der Waals surface area contributed by atoms with Gasteiger partial charge in [-0.2, -0.15) is 0 Å². The molecule has 0 atom stereocenters. The number of carbonyl (C=O) groups excluding carboxylic acids is 1. The first kappa shape index (κ1) is 24.1. The van der Waals surface area contributed by atoms with Crippen LogP contribution in [0.25, 0.3) is 0 Å². The number of aromatic nitrogens is 2. The molecule has 0 bridgehead atoms. The Bertz CT molecular complexity index is 761. The van der Waals surface area contributed by atoms with E-state index in [4.69, 9.17) is 4.74 Å². The smallest absolute Gasteiger partial charge is 0.308 e. The van der Waals surface area contributed by atoms with Crippen LogP contribution in [0.2, 0.25) is 0 Å². The van der Waals surface area contributed by atoms with E-state index >= 15 is 0 Å². The number of nitrogens with one attached hydrogen (secondary N) is 1. The number of nitrogens with zero attached hydrogens (tertiary/aromatic N) is 2. The molecule has 0 amide bonds. The van der Waals surface area contributed by atoms with Crippen molar-refractivity contribution in [2.24, 2.45) is 0 Å². The van der Waals surface area contributed by atoms with E-state index in [9.17, 15) is 4.79 Å². The summed E-state index contributed by atoms with van der Waals surface area (Å²) in [5.41, 5.74) is 2.31. The molecule has 1 heterocycles. The molecule has 0 aliphatic carbocycles. The molecule has 0 fully saturated rings. The Kier molecular flexibility index (Phi) is 10.1. The minimum absolute atomic E-state index is 0.103. The van der Waals surface area contributed by atoms with Crippen LogP contribution in [0.1, 0.15) is 90.3 Å². The second-order valence-electron chi connectivity index (χ2n) is 8.21. The van der Waals surface area contributed by atoms with Crippen molar-refractivity contribution in [3.8, 4) is 5.75 Å². The van der Waals surface area contributed by atoms with E-state index < -0.39 is 0 Å². The third kappa shape index (κ3) is 6.98. The molecule has 2 rings (SSSR count). The van der Waals surface area contributed by atoms with Gasteiger partial charge in [0.05, 0.1) is 23.8 Å². The van der Waals surface area contributed by atoms with Crippen molar-refractivity contribution < 1.29 is 9.53 Å². The minimum atomic E-state index is -0.292. The summed E-state index contributed by atoms with van der Waals surface area (Å²) in [6, 6.07) is 7.80. The summed E-state index contributed by atoms with van der Waals surface area (Å²) in [4.78, 5) is 15.8. The standard InChI is InChI=1S/C25H39N3O2/c1-5-8-14-25(15-9-6-2,24-19-26-20-28(24)16-10-7-3)27-18-22-12-11-13-23(17-22)30-21(4)29/h11-13,17,19-20,27H,5-10,14-16,18H2,1-4H3. The summed E-state index contributed by atoms with van der Waals surface area (Å²) in [5.74, 6) is 0.308. The fourth-order valence-corrected chi connectivity index (χ4v) is 3.99. The SMILES string of the molecule is CCCCn1cncc1C(CCCC)(CCCC)NCc1cccc(OC(C)=O)c1. The third-order valence-electron chi connectivity index (χ3n) is 5.66. The average Bonchev–Trinajstić information content (AvgIpc) is 3.21. The monoisotopic (exact) mass is 413 g/mol. The van der Waals surface area contributed by atoms with Crippen LogP contribution in [0.3, 0.4) is 0 Å². The van der Waals surface area contributed by atoms with Crippen LogP contribution in [-0.4, -0.2) is 15.5 Å². The second-order valence-corrected chi connectivity index (χ2v) is 8.21. The predicted molar refractivity (Wildman–Crippen MR) is 122 cm³/mol.